The van der Waals surface area contributed by atoms with Crippen LogP contribution in [0.4, 0.5) is 8.63 Å². The maximum atomic E-state index is 13.7. The first-order valence-electron chi connectivity index (χ1n) is 31.2. The number of nitrogens with one attached hydrogen (secondary N) is 2. The van der Waals surface area contributed by atoms with Crippen LogP contribution < -0.4 is 15.4 Å². The smallest absolute Gasteiger partial charge is 0.487 e. The Labute approximate surface area is 513 Å². The number of aliphatic hydroxyl groups is 1. The van der Waals surface area contributed by atoms with E-state index in [1.165, 1.54) is 31.0 Å². The van der Waals surface area contributed by atoms with Crippen molar-refractivity contribution in [3.05, 3.63) is 107 Å². The number of aryl methyl sites for hydroxylation is 1. The van der Waals surface area contributed by atoms with E-state index in [1.54, 1.807) is 52.0 Å². The van der Waals surface area contributed by atoms with Gasteiger partial charge in [-0.3, -0.25) is 27.9 Å². The fraction of sp³-hybridized carbons (Fsp3) is 0.613. The molecule has 0 saturated heterocycles. The lowest BCUT2D eigenvalue weighted by atomic mass is 9.52. The van der Waals surface area contributed by atoms with Gasteiger partial charge in [-0.15, -0.1) is 10.2 Å². The Morgan fingerprint density at radius 2 is 1.39 bits per heavy atom. The summed E-state index contributed by atoms with van der Waals surface area (Å²) >= 11 is 0. The zero-order valence-electron chi connectivity index (χ0n) is 50.6. The number of ether oxygens (including phenoxy) is 8. The summed E-state index contributed by atoms with van der Waals surface area (Å²) in [5.41, 5.74) is 6.18. The molecule has 3 fully saturated rings. The van der Waals surface area contributed by atoms with Gasteiger partial charge in [0.1, 0.15) is 23.7 Å². The van der Waals surface area contributed by atoms with Gasteiger partial charge < -0.3 is 63.0 Å². The Morgan fingerprint density at radius 3 is 2.08 bits per heavy atom. The molecule has 3 N–H and O–H groups in total. The summed E-state index contributed by atoms with van der Waals surface area (Å²) in [5.74, 6) is 3.04. The summed E-state index contributed by atoms with van der Waals surface area (Å²) in [6.07, 6.45) is 22.8. The van der Waals surface area contributed by atoms with Crippen LogP contribution in [0.2, 0.25) is 0 Å². The molecule has 1 aliphatic heterocycles. The summed E-state index contributed by atoms with van der Waals surface area (Å²) in [6.45, 7) is 9.98. The lowest BCUT2D eigenvalue weighted by molar-refractivity contribution is -0.126. The minimum absolute atomic E-state index is 0.0435. The average molecular weight is 1230 g/mol. The van der Waals surface area contributed by atoms with Crippen molar-refractivity contribution in [1.29, 1.82) is 0 Å². The van der Waals surface area contributed by atoms with Crippen molar-refractivity contribution >= 4 is 36.7 Å². The number of carbonyl (C=O) groups is 2. The molecule has 26 heteroatoms. The van der Waals surface area contributed by atoms with Gasteiger partial charge in [0, 0.05) is 43.5 Å². The largest absolute Gasteiger partial charge is 0.677 e. The molecule has 0 bridgehead atoms. The predicted molar refractivity (Wildman–Crippen MR) is 323 cm³/mol. The quantitative estimate of drug-likeness (QED) is 0.0246. The van der Waals surface area contributed by atoms with E-state index in [0.717, 1.165) is 66.1 Å². The number of aromatic nitrogens is 7. The minimum Gasteiger partial charge on any atom is -0.487 e. The summed E-state index contributed by atoms with van der Waals surface area (Å²) in [7, 11) is -2.69. The topological polar surface area (TPSA) is 253 Å². The first-order chi connectivity index (χ1) is 43.1. The molecule has 5 aliphatic rings. The average Bonchev–Trinajstić information content (AvgIpc) is 1.77. The SMILES string of the molecule is C[C@]12CC[C@H]3[C@@H](CCC4=C/C(=N\OCC(=O)NCCOCCOCCOCCn5cc(COCCOCCOCCOCCNC(=O)CCCCn6cc(COc7ccc(/C(=C8/C=CC=N8)c8cccn8B(F)F)cc7)nn6)nn5)CC[C@@H]43)[C@@H]1CC[C@@H]2O. The summed E-state index contributed by atoms with van der Waals surface area (Å²) < 4.78 is 77.0. The van der Waals surface area contributed by atoms with E-state index in [4.69, 9.17) is 42.7 Å². The predicted octanol–water partition coefficient (Wildman–Crippen LogP) is 6.45. The number of fused-ring (bicyclic) bond motifs is 5. The number of allylic oxidation sites excluding steroid dienone is 4. The number of unbranched alkanes of at least 4 members (excludes halogenated alkanes) is 1. The second kappa shape index (κ2) is 35.0. The zero-order chi connectivity index (χ0) is 61.2. The fourth-order valence-electron chi connectivity index (χ4n) is 12.7. The van der Waals surface area contributed by atoms with E-state index in [0.29, 0.717) is 177 Å². The van der Waals surface area contributed by atoms with Crippen molar-refractivity contribution in [2.24, 2.45) is 39.2 Å². The number of amides is 2. The van der Waals surface area contributed by atoms with E-state index < -0.39 is 7.40 Å². The lowest BCUT2D eigenvalue weighted by Crippen LogP contribution is -2.47. The van der Waals surface area contributed by atoms with E-state index in [9.17, 15) is 23.3 Å². The molecule has 9 rings (SSSR count). The highest BCUT2D eigenvalue weighted by Gasteiger charge is 2.56. The van der Waals surface area contributed by atoms with Gasteiger partial charge in [0.2, 0.25) is 5.91 Å². The molecular formula is C62H86BF2N11O12. The van der Waals surface area contributed by atoms with Gasteiger partial charge in [-0.1, -0.05) is 40.2 Å². The van der Waals surface area contributed by atoms with Gasteiger partial charge in [-0.25, -0.2) is 4.68 Å². The maximum absolute atomic E-state index is 13.7. The highest BCUT2D eigenvalue weighted by Crippen LogP contribution is 2.61. The van der Waals surface area contributed by atoms with Crippen LogP contribution in [0.3, 0.4) is 0 Å². The molecule has 4 aromatic rings. The number of oxime groups is 1. The molecule has 4 heterocycles. The van der Waals surface area contributed by atoms with Crippen LogP contribution >= 0.6 is 0 Å². The Kier molecular flexibility index (Phi) is 26.2. The standard InChI is InChI=1S/C62H86BF2N11O12/c1-62-20-19-53-52-16-12-48(40-47(52)11-15-54(53)55(62)17-18-58(62)77)71-88-45-60(79)68-23-28-81-31-33-83-35-32-82-29-26-75-41-49(69-73-75)43-86-39-38-85-37-36-84-34-30-80-27-22-67-59(78)8-2-3-24-74-42-50(70-72-74)44-87-51-13-9-46(10-14-51)61(56-6-4-21-66-56)57-7-5-25-76(57)63(64)65/h4-7,9-10,13-14,21,25,40-42,52-55,58,77H,2-3,8,11-12,15-20,22-24,26-39,43-45H2,1H3,(H,67,78)(H,68,79)/b61-56+,71-48-/t52-,53+,54+,55-,58-,62-/m0/s1. The molecule has 1 aromatic carbocycles. The summed E-state index contributed by atoms with van der Waals surface area (Å²) in [6, 6.07) is 10.4. The van der Waals surface area contributed by atoms with Crippen molar-refractivity contribution in [2.45, 2.75) is 110 Å². The third kappa shape index (κ3) is 19.7. The summed E-state index contributed by atoms with van der Waals surface area (Å²) in [4.78, 5) is 34.5. The van der Waals surface area contributed by atoms with E-state index in [-0.39, 0.29) is 36.5 Å². The van der Waals surface area contributed by atoms with Crippen molar-refractivity contribution in [3.63, 3.8) is 0 Å². The van der Waals surface area contributed by atoms with Gasteiger partial charge in [-0.2, -0.15) is 0 Å². The van der Waals surface area contributed by atoms with Crippen LogP contribution in [0.5, 0.6) is 5.75 Å². The Bertz CT molecular complexity index is 2940. The molecule has 0 unspecified atom stereocenters. The molecule has 2 amide bonds. The summed E-state index contributed by atoms with van der Waals surface area (Å²) in [5, 5.41) is 37.4. The molecular weight excluding hydrogens is 1140 g/mol. The fourth-order valence-corrected chi connectivity index (χ4v) is 12.7. The number of aliphatic hydroxyl groups excluding tert-OH is 1. The Morgan fingerprint density at radius 1 is 0.727 bits per heavy atom. The Hall–Kier alpha value is -6.52. The van der Waals surface area contributed by atoms with Gasteiger partial charge in [0.05, 0.1) is 129 Å². The van der Waals surface area contributed by atoms with Crippen molar-refractivity contribution in [3.8, 4) is 5.75 Å². The molecule has 3 saturated carbocycles. The first-order valence-corrected chi connectivity index (χ1v) is 31.2. The van der Waals surface area contributed by atoms with E-state index in [2.05, 4.69) is 54.4 Å². The molecule has 4 aliphatic carbocycles. The van der Waals surface area contributed by atoms with Gasteiger partial charge in [0.25, 0.3) is 5.91 Å². The third-order valence-corrected chi connectivity index (χ3v) is 17.2. The second-order valence-corrected chi connectivity index (χ2v) is 22.9. The number of hydrogen-bond donors (Lipinski definition) is 3. The van der Waals surface area contributed by atoms with Gasteiger partial charge in [-0.05, 0) is 148 Å². The maximum Gasteiger partial charge on any atom is 0.677 e. The molecule has 0 radical (unpaired) electrons. The highest BCUT2D eigenvalue weighted by atomic mass is 19.2. The number of nitrogens with zero attached hydrogens (tertiary/aromatic N) is 9. The molecule has 6 atom stereocenters. The van der Waals surface area contributed by atoms with Crippen LogP contribution in [0.1, 0.15) is 100 Å². The molecule has 23 nitrogen and oxygen atoms in total. The van der Waals surface area contributed by atoms with E-state index in [1.807, 2.05) is 24.5 Å². The van der Waals surface area contributed by atoms with Gasteiger partial charge >= 0.3 is 7.40 Å². The lowest BCUT2D eigenvalue weighted by Gasteiger charge is -2.53. The van der Waals surface area contributed by atoms with Crippen LogP contribution in [-0.4, -0.2) is 182 Å². The number of halogens is 2. The van der Waals surface area contributed by atoms with Crippen LogP contribution in [0.15, 0.2) is 94.6 Å². The van der Waals surface area contributed by atoms with Crippen molar-refractivity contribution < 1.29 is 66.1 Å². The molecule has 88 heavy (non-hydrogen) atoms. The number of aliphatic imine (C=N–C) groups is 1. The Balaban J connectivity index is 0.487. The van der Waals surface area contributed by atoms with Crippen LogP contribution in [0, 0.1) is 29.1 Å². The number of hydrogen-bond acceptors (Lipinski definition) is 18. The van der Waals surface area contributed by atoms with Crippen molar-refractivity contribution in [1.82, 2.24) is 45.1 Å². The second-order valence-electron chi connectivity index (χ2n) is 22.9. The minimum atomic E-state index is -2.69. The zero-order valence-corrected chi connectivity index (χ0v) is 50.6. The van der Waals surface area contributed by atoms with Gasteiger partial charge in [0.15, 0.2) is 6.61 Å². The molecule has 478 valence electrons. The van der Waals surface area contributed by atoms with Crippen LogP contribution in [0.25, 0.3) is 5.57 Å². The van der Waals surface area contributed by atoms with E-state index >= 15 is 0 Å². The number of rotatable bonds is 40. The highest BCUT2D eigenvalue weighted by molar-refractivity contribution is 6.41. The number of benzene rings is 1. The normalized spacial score (nSPS) is 22.1. The van der Waals surface area contributed by atoms with Crippen molar-refractivity contribution in [2.75, 3.05) is 106 Å². The third-order valence-electron chi connectivity index (χ3n) is 17.2. The monoisotopic (exact) mass is 1230 g/mol. The first kappa shape index (κ1) is 65.9. The molecule has 3 aromatic heterocycles. The molecule has 0 spiro atoms. The van der Waals surface area contributed by atoms with Crippen LogP contribution in [-0.2, 0) is 73.9 Å². The number of carbonyl (C=O) groups excluding carboxylic acids is 2.